The van der Waals surface area contributed by atoms with E-state index in [1.54, 1.807) is 43.3 Å². The Labute approximate surface area is 157 Å². The van der Waals surface area contributed by atoms with Gasteiger partial charge in [-0.25, -0.2) is 4.39 Å². The Balaban J connectivity index is 1.71. The lowest BCUT2D eigenvalue weighted by atomic mass is 10.1. The topological polar surface area (TPSA) is 76.7 Å². The van der Waals surface area contributed by atoms with Gasteiger partial charge >= 0.3 is 0 Å². The predicted octanol–water partition coefficient (Wildman–Crippen LogP) is 2.77. The van der Waals surface area contributed by atoms with Gasteiger partial charge < -0.3 is 9.47 Å². The summed E-state index contributed by atoms with van der Waals surface area (Å²) in [5.41, 5.74) is 5.51. The summed E-state index contributed by atoms with van der Waals surface area (Å²) in [4.78, 5) is 23.8. The van der Waals surface area contributed by atoms with Gasteiger partial charge in [0.05, 0.1) is 6.61 Å². The standard InChI is InChI=1S/C20H23FN2O4/c1-3-26-17-9-11-18(12-10-17)27-14(2)20(25)23-22-19(24)13-6-15-4-7-16(21)8-5-15/h4-5,7-12,14H,3,6,13H2,1-2H3,(H,22,24)(H,23,25)/t14-/m0/s1. The second-order valence-corrected chi connectivity index (χ2v) is 5.83. The summed E-state index contributed by atoms with van der Waals surface area (Å²) < 4.78 is 23.7. The fraction of sp³-hybridized carbons (Fsp3) is 0.300. The van der Waals surface area contributed by atoms with Gasteiger partial charge in [-0.05, 0) is 62.2 Å². The van der Waals surface area contributed by atoms with Crippen molar-refractivity contribution in [3.8, 4) is 11.5 Å². The molecule has 2 aromatic carbocycles. The van der Waals surface area contributed by atoms with E-state index >= 15 is 0 Å². The van der Waals surface area contributed by atoms with Gasteiger partial charge in [-0.3, -0.25) is 20.4 Å². The first-order chi connectivity index (χ1) is 13.0. The van der Waals surface area contributed by atoms with Crippen molar-refractivity contribution in [2.75, 3.05) is 6.61 Å². The average molecular weight is 374 g/mol. The number of carbonyl (C=O) groups excluding carboxylic acids is 2. The minimum Gasteiger partial charge on any atom is -0.494 e. The summed E-state index contributed by atoms with van der Waals surface area (Å²) >= 11 is 0. The highest BCUT2D eigenvalue weighted by molar-refractivity contribution is 5.84. The van der Waals surface area contributed by atoms with Crippen molar-refractivity contribution in [1.82, 2.24) is 10.9 Å². The molecule has 2 N–H and O–H groups in total. The Bertz CT molecular complexity index is 748. The smallest absolute Gasteiger partial charge is 0.279 e. The highest BCUT2D eigenvalue weighted by Gasteiger charge is 2.15. The fourth-order valence-electron chi connectivity index (χ4n) is 2.24. The van der Waals surface area contributed by atoms with Crippen molar-refractivity contribution in [2.24, 2.45) is 0 Å². The molecule has 0 fully saturated rings. The molecular formula is C20H23FN2O4. The maximum Gasteiger partial charge on any atom is 0.279 e. The molecule has 0 bridgehead atoms. The summed E-state index contributed by atoms with van der Waals surface area (Å²) in [7, 11) is 0. The third-order valence-corrected chi connectivity index (χ3v) is 3.70. The summed E-state index contributed by atoms with van der Waals surface area (Å²) in [5.74, 6) is 0.0936. The van der Waals surface area contributed by atoms with Gasteiger partial charge in [0.25, 0.3) is 5.91 Å². The summed E-state index contributed by atoms with van der Waals surface area (Å²) in [6.45, 7) is 4.04. The number of ether oxygens (including phenoxy) is 2. The summed E-state index contributed by atoms with van der Waals surface area (Å²) in [6, 6.07) is 12.8. The van der Waals surface area contributed by atoms with Crippen LogP contribution in [0, 0.1) is 5.82 Å². The highest BCUT2D eigenvalue weighted by atomic mass is 19.1. The van der Waals surface area contributed by atoms with E-state index in [0.717, 1.165) is 11.3 Å². The molecule has 0 spiro atoms. The average Bonchev–Trinajstić information content (AvgIpc) is 2.67. The van der Waals surface area contributed by atoms with Gasteiger partial charge in [0.15, 0.2) is 6.10 Å². The van der Waals surface area contributed by atoms with Crippen LogP contribution in [0.15, 0.2) is 48.5 Å². The number of hydrogen-bond donors (Lipinski definition) is 2. The molecule has 0 unspecified atom stereocenters. The first kappa shape index (κ1) is 20.2. The highest BCUT2D eigenvalue weighted by Crippen LogP contribution is 2.18. The molecular weight excluding hydrogens is 351 g/mol. The first-order valence-corrected chi connectivity index (χ1v) is 8.70. The van der Waals surface area contributed by atoms with E-state index in [2.05, 4.69) is 10.9 Å². The number of nitrogens with one attached hydrogen (secondary N) is 2. The molecule has 6 nitrogen and oxygen atoms in total. The van der Waals surface area contributed by atoms with Crippen molar-refractivity contribution in [3.63, 3.8) is 0 Å². The van der Waals surface area contributed by atoms with E-state index < -0.39 is 12.0 Å². The van der Waals surface area contributed by atoms with Crippen molar-refractivity contribution < 1.29 is 23.5 Å². The second-order valence-electron chi connectivity index (χ2n) is 5.83. The molecule has 0 aliphatic heterocycles. The predicted molar refractivity (Wildman–Crippen MR) is 98.7 cm³/mol. The molecule has 2 aromatic rings. The normalized spacial score (nSPS) is 11.4. The zero-order valence-electron chi connectivity index (χ0n) is 15.3. The van der Waals surface area contributed by atoms with Gasteiger partial charge in [-0.15, -0.1) is 0 Å². The molecule has 0 aliphatic carbocycles. The van der Waals surface area contributed by atoms with E-state index in [4.69, 9.17) is 9.47 Å². The molecule has 0 heterocycles. The van der Waals surface area contributed by atoms with Crippen LogP contribution in [0.3, 0.4) is 0 Å². The van der Waals surface area contributed by atoms with Crippen LogP contribution in [0.5, 0.6) is 11.5 Å². The number of amides is 2. The minimum absolute atomic E-state index is 0.167. The summed E-state index contributed by atoms with van der Waals surface area (Å²) in [5, 5.41) is 0. The summed E-state index contributed by atoms with van der Waals surface area (Å²) in [6.07, 6.45) is -0.180. The van der Waals surface area contributed by atoms with Crippen LogP contribution in [0.25, 0.3) is 0 Å². The molecule has 27 heavy (non-hydrogen) atoms. The molecule has 0 saturated carbocycles. The molecule has 7 heteroatoms. The first-order valence-electron chi connectivity index (χ1n) is 8.70. The van der Waals surface area contributed by atoms with Crippen molar-refractivity contribution >= 4 is 11.8 Å². The molecule has 0 saturated heterocycles. The maximum atomic E-state index is 12.8. The maximum absolute atomic E-state index is 12.8. The number of benzene rings is 2. The molecule has 0 radical (unpaired) electrons. The molecule has 1 atom stereocenters. The fourth-order valence-corrected chi connectivity index (χ4v) is 2.24. The van der Waals surface area contributed by atoms with Gasteiger partial charge in [0.1, 0.15) is 17.3 Å². The Morgan fingerprint density at radius 3 is 2.26 bits per heavy atom. The van der Waals surface area contributed by atoms with E-state index in [1.165, 1.54) is 12.1 Å². The third-order valence-electron chi connectivity index (χ3n) is 3.70. The van der Waals surface area contributed by atoms with Crippen LogP contribution in [0.2, 0.25) is 0 Å². The van der Waals surface area contributed by atoms with Gasteiger partial charge in [0, 0.05) is 6.42 Å². The second kappa shape index (κ2) is 10.2. The van der Waals surface area contributed by atoms with Crippen LogP contribution in [-0.2, 0) is 16.0 Å². The Morgan fingerprint density at radius 2 is 1.63 bits per heavy atom. The number of halogens is 1. The quantitative estimate of drug-likeness (QED) is 0.697. The lowest BCUT2D eigenvalue weighted by Crippen LogP contribution is -2.47. The monoisotopic (exact) mass is 374 g/mol. The van der Waals surface area contributed by atoms with E-state index in [-0.39, 0.29) is 18.1 Å². The van der Waals surface area contributed by atoms with Crippen LogP contribution >= 0.6 is 0 Å². The number of hydrogen-bond acceptors (Lipinski definition) is 4. The van der Waals surface area contributed by atoms with Crippen molar-refractivity contribution in [1.29, 1.82) is 0 Å². The number of aryl methyl sites for hydroxylation is 1. The largest absolute Gasteiger partial charge is 0.494 e. The lowest BCUT2D eigenvalue weighted by Gasteiger charge is -2.15. The van der Waals surface area contributed by atoms with E-state index in [1.807, 2.05) is 6.92 Å². The minimum atomic E-state index is -0.791. The molecule has 2 rings (SSSR count). The lowest BCUT2D eigenvalue weighted by molar-refractivity contribution is -0.132. The van der Waals surface area contributed by atoms with Gasteiger partial charge in [0.2, 0.25) is 5.91 Å². The van der Waals surface area contributed by atoms with E-state index in [0.29, 0.717) is 18.8 Å². The van der Waals surface area contributed by atoms with Gasteiger partial charge in [-0.1, -0.05) is 12.1 Å². The Morgan fingerprint density at radius 1 is 1.00 bits per heavy atom. The molecule has 2 amide bonds. The third kappa shape index (κ3) is 6.97. The van der Waals surface area contributed by atoms with Crippen molar-refractivity contribution in [3.05, 3.63) is 59.9 Å². The van der Waals surface area contributed by atoms with Gasteiger partial charge in [-0.2, -0.15) is 0 Å². The Kier molecular flexibility index (Phi) is 7.61. The van der Waals surface area contributed by atoms with Crippen molar-refractivity contribution in [2.45, 2.75) is 32.8 Å². The van der Waals surface area contributed by atoms with Crippen LogP contribution in [0.4, 0.5) is 4.39 Å². The SMILES string of the molecule is CCOc1ccc(O[C@@H](C)C(=O)NNC(=O)CCc2ccc(F)cc2)cc1. The Hall–Kier alpha value is -3.09. The van der Waals surface area contributed by atoms with Crippen LogP contribution in [0.1, 0.15) is 25.8 Å². The number of rotatable bonds is 8. The molecule has 144 valence electrons. The van der Waals surface area contributed by atoms with Crippen LogP contribution in [-0.4, -0.2) is 24.5 Å². The van der Waals surface area contributed by atoms with E-state index in [9.17, 15) is 14.0 Å². The zero-order chi connectivity index (χ0) is 19.6. The molecule has 0 aliphatic rings. The zero-order valence-corrected chi connectivity index (χ0v) is 15.3. The van der Waals surface area contributed by atoms with Crippen LogP contribution < -0.4 is 20.3 Å². The number of carbonyl (C=O) groups is 2. The number of hydrazine groups is 1. The molecule has 0 aromatic heterocycles.